The molecule has 4 heterocycles. The molecule has 3 aliphatic rings. The smallest absolute Gasteiger partial charge is 0.228 e. The first kappa shape index (κ1) is 20.5. The van der Waals surface area contributed by atoms with Crippen molar-refractivity contribution in [2.24, 2.45) is 5.92 Å². The highest BCUT2D eigenvalue weighted by Gasteiger charge is 2.34. The fourth-order valence-corrected chi connectivity index (χ4v) is 5.32. The number of aryl methyl sites for hydroxylation is 2. The van der Waals surface area contributed by atoms with Gasteiger partial charge in [0.25, 0.3) is 0 Å². The normalized spacial score (nSPS) is 21.4. The summed E-state index contributed by atoms with van der Waals surface area (Å²) in [6, 6.07) is 0. The largest absolute Gasteiger partial charge is 0.342 e. The van der Waals surface area contributed by atoms with E-state index in [0.717, 1.165) is 66.0 Å². The van der Waals surface area contributed by atoms with Crippen molar-refractivity contribution < 1.29 is 9.59 Å². The molecule has 0 N–H and O–H groups in total. The Kier molecular flexibility index (Phi) is 5.50. The van der Waals surface area contributed by atoms with Crippen LogP contribution >= 0.6 is 11.3 Å². The van der Waals surface area contributed by atoms with Crippen molar-refractivity contribution in [2.75, 3.05) is 24.5 Å². The van der Waals surface area contributed by atoms with Crippen LogP contribution in [-0.2, 0) is 22.4 Å². The van der Waals surface area contributed by atoms with Gasteiger partial charge in [-0.1, -0.05) is 0 Å². The van der Waals surface area contributed by atoms with Gasteiger partial charge >= 0.3 is 0 Å². The Morgan fingerprint density at radius 2 is 2.00 bits per heavy atom. The fourth-order valence-electron chi connectivity index (χ4n) is 4.70. The first-order valence-electron chi connectivity index (χ1n) is 11.3. The van der Waals surface area contributed by atoms with Crippen molar-refractivity contribution in [3.05, 3.63) is 33.2 Å². The Hall–Kier alpha value is -2.35. The monoisotopic (exact) mass is 439 g/mol. The minimum atomic E-state index is 0.110. The number of nitrogens with zero attached hydrogens (tertiary/aromatic N) is 5. The molecule has 1 saturated carbocycles. The minimum Gasteiger partial charge on any atom is -0.342 e. The van der Waals surface area contributed by atoms with E-state index in [4.69, 9.17) is 9.97 Å². The van der Waals surface area contributed by atoms with E-state index < -0.39 is 0 Å². The Morgan fingerprint density at radius 3 is 2.74 bits per heavy atom. The average molecular weight is 440 g/mol. The SMILES string of the molecule is Cc1nc(CC(=O)N2CCC[C@H](c3nc(C)c4c(n3)N(CC3CC3)C(=O)CC4)C2)cs1. The van der Waals surface area contributed by atoms with Crippen LogP contribution in [0.3, 0.4) is 0 Å². The van der Waals surface area contributed by atoms with E-state index in [1.165, 1.54) is 12.8 Å². The third-order valence-electron chi connectivity index (χ3n) is 6.63. The molecule has 0 bridgehead atoms. The second-order valence-electron chi connectivity index (χ2n) is 9.13. The van der Waals surface area contributed by atoms with Crippen molar-refractivity contribution in [3.8, 4) is 0 Å². The maximum atomic E-state index is 12.9. The summed E-state index contributed by atoms with van der Waals surface area (Å²) in [7, 11) is 0. The lowest BCUT2D eigenvalue weighted by molar-refractivity contribution is -0.131. The molecule has 2 amide bonds. The molecule has 0 unspecified atom stereocenters. The summed E-state index contributed by atoms with van der Waals surface area (Å²) in [5.74, 6) is 2.64. The van der Waals surface area contributed by atoms with Crippen LogP contribution in [-0.4, -0.2) is 51.3 Å². The van der Waals surface area contributed by atoms with Crippen LogP contribution in [0, 0.1) is 19.8 Å². The van der Waals surface area contributed by atoms with Gasteiger partial charge in [0.2, 0.25) is 11.8 Å². The zero-order chi connectivity index (χ0) is 21.5. The van der Waals surface area contributed by atoms with Crippen molar-refractivity contribution in [1.29, 1.82) is 0 Å². The number of likely N-dealkylation sites (tertiary alicyclic amines) is 1. The van der Waals surface area contributed by atoms with Gasteiger partial charge in [-0.25, -0.2) is 15.0 Å². The third-order valence-corrected chi connectivity index (χ3v) is 7.45. The number of aromatic nitrogens is 3. The number of hydrogen-bond donors (Lipinski definition) is 0. The highest BCUT2D eigenvalue weighted by molar-refractivity contribution is 7.09. The Bertz CT molecular complexity index is 1020. The van der Waals surface area contributed by atoms with Crippen molar-refractivity contribution in [1.82, 2.24) is 19.9 Å². The maximum Gasteiger partial charge on any atom is 0.228 e. The highest BCUT2D eigenvalue weighted by Crippen LogP contribution is 2.36. The molecule has 1 saturated heterocycles. The number of fused-ring (bicyclic) bond motifs is 1. The quantitative estimate of drug-likeness (QED) is 0.715. The summed E-state index contributed by atoms with van der Waals surface area (Å²) in [4.78, 5) is 43.6. The summed E-state index contributed by atoms with van der Waals surface area (Å²) in [5, 5.41) is 2.96. The van der Waals surface area contributed by atoms with Gasteiger partial charge in [-0.15, -0.1) is 11.3 Å². The maximum absolute atomic E-state index is 12.9. The van der Waals surface area contributed by atoms with Crippen LogP contribution in [0.25, 0.3) is 0 Å². The van der Waals surface area contributed by atoms with Gasteiger partial charge in [0.15, 0.2) is 0 Å². The summed E-state index contributed by atoms with van der Waals surface area (Å²) in [5.41, 5.74) is 2.95. The van der Waals surface area contributed by atoms with Crippen molar-refractivity contribution in [3.63, 3.8) is 0 Å². The van der Waals surface area contributed by atoms with E-state index in [-0.39, 0.29) is 17.7 Å². The standard InChI is InChI=1S/C23H29N5O2S/c1-14-19-7-8-20(29)28(11-16-5-6-16)23(19)26-22(24-14)17-4-3-9-27(12-17)21(30)10-18-13-31-15(2)25-18/h13,16-17H,3-12H2,1-2H3/t17-/m0/s1. The summed E-state index contributed by atoms with van der Waals surface area (Å²) < 4.78 is 0. The summed E-state index contributed by atoms with van der Waals surface area (Å²) in [6.07, 6.45) is 5.94. The van der Waals surface area contributed by atoms with E-state index in [2.05, 4.69) is 4.98 Å². The highest BCUT2D eigenvalue weighted by atomic mass is 32.1. The van der Waals surface area contributed by atoms with Gasteiger partial charge in [0.05, 0.1) is 17.1 Å². The van der Waals surface area contributed by atoms with E-state index in [1.807, 2.05) is 29.0 Å². The molecular weight excluding hydrogens is 410 g/mol. The van der Waals surface area contributed by atoms with Crippen molar-refractivity contribution in [2.45, 2.75) is 64.7 Å². The van der Waals surface area contributed by atoms with Crippen LogP contribution in [0.1, 0.15) is 65.8 Å². The molecule has 5 rings (SSSR count). The van der Waals surface area contributed by atoms with Crippen molar-refractivity contribution >= 4 is 29.0 Å². The van der Waals surface area contributed by atoms with Gasteiger partial charge in [-0.3, -0.25) is 14.5 Å². The van der Waals surface area contributed by atoms with Gasteiger partial charge in [0.1, 0.15) is 11.6 Å². The molecule has 0 aromatic carbocycles. The molecule has 31 heavy (non-hydrogen) atoms. The zero-order valence-electron chi connectivity index (χ0n) is 18.3. The van der Waals surface area contributed by atoms with Gasteiger partial charge < -0.3 is 4.90 Å². The van der Waals surface area contributed by atoms with Crippen LogP contribution in [0.4, 0.5) is 5.82 Å². The van der Waals surface area contributed by atoms with Gasteiger partial charge in [0, 0.05) is 48.6 Å². The molecule has 2 aromatic rings. The molecule has 8 heteroatoms. The van der Waals surface area contributed by atoms with E-state index in [9.17, 15) is 9.59 Å². The summed E-state index contributed by atoms with van der Waals surface area (Å²) in [6.45, 7) is 6.18. The second kappa shape index (κ2) is 8.30. The number of carbonyl (C=O) groups excluding carboxylic acids is 2. The molecule has 0 radical (unpaired) electrons. The lowest BCUT2D eigenvalue weighted by Crippen LogP contribution is -2.41. The molecule has 2 fully saturated rings. The van der Waals surface area contributed by atoms with Crippen LogP contribution in [0.5, 0.6) is 0 Å². The lowest BCUT2D eigenvalue weighted by Gasteiger charge is -2.34. The first-order valence-corrected chi connectivity index (χ1v) is 12.2. The number of rotatable bonds is 5. The average Bonchev–Trinajstić information content (AvgIpc) is 3.49. The van der Waals surface area contributed by atoms with Gasteiger partial charge in [-0.05, 0) is 51.9 Å². The molecule has 0 spiro atoms. The molecule has 1 atom stereocenters. The molecule has 1 aliphatic carbocycles. The lowest BCUT2D eigenvalue weighted by atomic mass is 9.95. The molecule has 2 aliphatic heterocycles. The molecular formula is C23H29N5O2S. The van der Waals surface area contributed by atoms with E-state index in [1.54, 1.807) is 11.3 Å². The molecule has 164 valence electrons. The number of thiazole rings is 1. The predicted molar refractivity (Wildman–Crippen MR) is 119 cm³/mol. The summed E-state index contributed by atoms with van der Waals surface area (Å²) >= 11 is 1.58. The Morgan fingerprint density at radius 1 is 1.16 bits per heavy atom. The Labute approximate surface area is 186 Å². The number of amides is 2. The first-order chi connectivity index (χ1) is 15.0. The number of hydrogen-bond acceptors (Lipinski definition) is 6. The Balaban J connectivity index is 1.35. The molecule has 2 aromatic heterocycles. The van der Waals surface area contributed by atoms with Crippen LogP contribution in [0.15, 0.2) is 5.38 Å². The fraction of sp³-hybridized carbons (Fsp3) is 0.609. The van der Waals surface area contributed by atoms with E-state index in [0.29, 0.717) is 25.3 Å². The zero-order valence-corrected chi connectivity index (χ0v) is 19.1. The second-order valence-corrected chi connectivity index (χ2v) is 10.2. The van der Waals surface area contributed by atoms with E-state index >= 15 is 0 Å². The topological polar surface area (TPSA) is 79.3 Å². The van der Waals surface area contributed by atoms with Crippen LogP contribution in [0.2, 0.25) is 0 Å². The van der Waals surface area contributed by atoms with Gasteiger partial charge in [-0.2, -0.15) is 0 Å². The number of carbonyl (C=O) groups is 2. The number of anilines is 1. The number of piperidine rings is 1. The minimum absolute atomic E-state index is 0.110. The third kappa shape index (κ3) is 4.35. The predicted octanol–water partition coefficient (Wildman–Crippen LogP) is 3.19. The molecule has 7 nitrogen and oxygen atoms in total. The van der Waals surface area contributed by atoms with Crippen LogP contribution < -0.4 is 4.90 Å².